The molecule has 108 valence electrons. The van der Waals surface area contributed by atoms with Crippen molar-refractivity contribution in [3.8, 4) is 0 Å². The summed E-state index contributed by atoms with van der Waals surface area (Å²) in [6, 6.07) is 8.17. The van der Waals surface area contributed by atoms with E-state index in [-0.39, 0.29) is 0 Å². The zero-order valence-electron chi connectivity index (χ0n) is 10.3. The van der Waals surface area contributed by atoms with E-state index >= 15 is 0 Å². The fourth-order valence-corrected chi connectivity index (χ4v) is 6.85. The molecule has 0 saturated heterocycles. The summed E-state index contributed by atoms with van der Waals surface area (Å²) in [4.78, 5) is 0. The van der Waals surface area contributed by atoms with Gasteiger partial charge in [0.1, 0.15) is 13.9 Å². The molecule has 0 amide bonds. The van der Waals surface area contributed by atoms with Crippen molar-refractivity contribution < 1.29 is 22.3 Å². The van der Waals surface area contributed by atoms with E-state index in [1.165, 1.54) is 13.3 Å². The molecule has 0 saturated carbocycles. The lowest BCUT2D eigenvalue weighted by Crippen LogP contribution is -2.18. The Hall–Kier alpha value is -0.280. The van der Waals surface area contributed by atoms with Gasteiger partial charge < -0.3 is 4.52 Å². The molecular formula is C10H13ClF3NO2P2. The van der Waals surface area contributed by atoms with Gasteiger partial charge in [-0.2, -0.15) is 13.2 Å². The predicted octanol–water partition coefficient (Wildman–Crippen LogP) is 4.70. The van der Waals surface area contributed by atoms with Crippen molar-refractivity contribution in [1.82, 2.24) is 0 Å². The lowest BCUT2D eigenvalue weighted by atomic mass is 10.4. The highest BCUT2D eigenvalue weighted by Crippen LogP contribution is 2.61. The first-order valence-electron chi connectivity index (χ1n) is 5.17. The standard InChI is InChI=1S/C10H13ClF3NO2P2/c1-18(15-19(2,11)16,17-8-10(12,13)14)9-6-4-3-5-7-9/h3-7H,8H2,1-2H3. The Morgan fingerprint density at radius 1 is 1.26 bits per heavy atom. The molecule has 0 aliphatic heterocycles. The van der Waals surface area contributed by atoms with Crippen LogP contribution in [0.15, 0.2) is 34.8 Å². The number of halogens is 4. The zero-order valence-corrected chi connectivity index (χ0v) is 12.8. The summed E-state index contributed by atoms with van der Waals surface area (Å²) < 4.78 is 57.2. The number of alkyl halides is 3. The van der Waals surface area contributed by atoms with E-state index in [4.69, 9.17) is 15.8 Å². The van der Waals surface area contributed by atoms with Gasteiger partial charge in [-0.15, -0.1) is 0 Å². The molecule has 0 heterocycles. The first kappa shape index (κ1) is 16.8. The molecule has 9 heteroatoms. The lowest BCUT2D eigenvalue weighted by Gasteiger charge is -2.22. The van der Waals surface area contributed by atoms with E-state index in [1.807, 2.05) is 0 Å². The molecule has 0 radical (unpaired) electrons. The molecule has 1 aromatic rings. The van der Waals surface area contributed by atoms with Crippen LogP contribution in [0.4, 0.5) is 13.2 Å². The Balaban J connectivity index is 3.20. The van der Waals surface area contributed by atoms with Gasteiger partial charge in [0.2, 0.25) is 0 Å². The van der Waals surface area contributed by atoms with Crippen molar-refractivity contribution in [1.29, 1.82) is 0 Å². The molecule has 1 aromatic carbocycles. The Bertz CT molecular complexity index is 527. The Morgan fingerprint density at radius 2 is 1.79 bits per heavy atom. The molecule has 3 nitrogen and oxygen atoms in total. The quantitative estimate of drug-likeness (QED) is 0.749. The van der Waals surface area contributed by atoms with Gasteiger partial charge in [-0.1, -0.05) is 30.3 Å². The molecule has 2 unspecified atom stereocenters. The van der Waals surface area contributed by atoms with E-state index in [0.717, 1.165) is 0 Å². The summed E-state index contributed by atoms with van der Waals surface area (Å²) in [5.41, 5.74) is 0. The Kier molecular flexibility index (Phi) is 5.30. The molecule has 0 fully saturated rings. The van der Waals surface area contributed by atoms with Gasteiger partial charge >= 0.3 is 6.18 Å². The fraction of sp³-hybridized carbons (Fsp3) is 0.400. The molecular weight excluding hydrogens is 321 g/mol. The SMILES string of the molecule is CP(=O)(Cl)N=P(C)(OCC(F)(F)F)c1ccccc1. The molecule has 0 bridgehead atoms. The van der Waals surface area contributed by atoms with E-state index in [9.17, 15) is 17.7 Å². The number of hydrogen-bond donors (Lipinski definition) is 0. The van der Waals surface area contributed by atoms with E-state index in [0.29, 0.717) is 5.30 Å². The lowest BCUT2D eigenvalue weighted by molar-refractivity contribution is -0.152. The second-order valence-electron chi connectivity index (χ2n) is 3.97. The monoisotopic (exact) mass is 333 g/mol. The maximum Gasteiger partial charge on any atom is 0.412 e. The topological polar surface area (TPSA) is 38.7 Å². The van der Waals surface area contributed by atoms with Crippen LogP contribution in [-0.4, -0.2) is 26.1 Å². The smallest absolute Gasteiger partial charge is 0.331 e. The summed E-state index contributed by atoms with van der Waals surface area (Å²) in [5, 5.41) is 0.460. The molecule has 19 heavy (non-hydrogen) atoms. The molecule has 0 aromatic heterocycles. The molecule has 0 aliphatic carbocycles. The average molecular weight is 334 g/mol. The highest BCUT2D eigenvalue weighted by Gasteiger charge is 2.32. The second-order valence-corrected chi connectivity index (χ2v) is 10.7. The minimum atomic E-state index is -4.48. The summed E-state index contributed by atoms with van der Waals surface area (Å²) in [6.07, 6.45) is -4.48. The van der Waals surface area contributed by atoms with Crippen LogP contribution >= 0.6 is 25.2 Å². The average Bonchev–Trinajstić information content (AvgIpc) is 2.25. The summed E-state index contributed by atoms with van der Waals surface area (Å²) in [5.74, 6) is 0. The van der Waals surface area contributed by atoms with Crippen molar-refractivity contribution in [2.45, 2.75) is 6.18 Å². The maximum absolute atomic E-state index is 12.3. The molecule has 1 rings (SSSR count). The van der Waals surface area contributed by atoms with Gasteiger partial charge in [0, 0.05) is 12.0 Å². The Morgan fingerprint density at radius 3 is 2.21 bits per heavy atom. The Labute approximate surface area is 114 Å². The van der Waals surface area contributed by atoms with E-state index in [1.54, 1.807) is 30.3 Å². The third-order valence-electron chi connectivity index (χ3n) is 2.05. The number of hydrogen-bond acceptors (Lipinski definition) is 2. The van der Waals surface area contributed by atoms with Crippen molar-refractivity contribution in [2.24, 2.45) is 4.52 Å². The third kappa shape index (κ3) is 6.13. The van der Waals surface area contributed by atoms with Gasteiger partial charge in [-0.25, -0.2) is 4.52 Å². The number of rotatable bonds is 4. The van der Waals surface area contributed by atoms with Crippen LogP contribution in [0.1, 0.15) is 0 Å². The highest BCUT2D eigenvalue weighted by atomic mass is 35.7. The molecule has 2 atom stereocenters. The first-order valence-corrected chi connectivity index (χ1v) is 10.3. The van der Waals surface area contributed by atoms with Crippen molar-refractivity contribution in [3.63, 3.8) is 0 Å². The molecule has 0 aliphatic rings. The zero-order chi connectivity index (χ0) is 14.7. The number of benzene rings is 1. The normalized spacial score (nSPS) is 18.4. The first-order chi connectivity index (χ1) is 8.52. The summed E-state index contributed by atoms with van der Waals surface area (Å²) in [6.45, 7) is -2.25. The van der Waals surface area contributed by atoms with Crippen molar-refractivity contribution in [2.75, 3.05) is 19.9 Å². The minimum absolute atomic E-state index is 0.460. The maximum atomic E-state index is 12.3. The van der Waals surface area contributed by atoms with Crippen LogP contribution in [0, 0.1) is 0 Å². The van der Waals surface area contributed by atoms with E-state index < -0.39 is 26.7 Å². The summed E-state index contributed by atoms with van der Waals surface area (Å²) >= 11 is 5.57. The minimum Gasteiger partial charge on any atom is -0.331 e. The third-order valence-corrected chi connectivity index (χ3v) is 7.19. The van der Waals surface area contributed by atoms with Crippen LogP contribution < -0.4 is 5.30 Å². The van der Waals surface area contributed by atoms with Gasteiger partial charge in [0.25, 0.3) is 6.65 Å². The van der Waals surface area contributed by atoms with Crippen LogP contribution in [-0.2, 0) is 9.09 Å². The predicted molar refractivity (Wildman–Crippen MR) is 72.7 cm³/mol. The highest BCUT2D eigenvalue weighted by molar-refractivity contribution is 7.91. The van der Waals surface area contributed by atoms with Crippen molar-refractivity contribution in [3.05, 3.63) is 30.3 Å². The van der Waals surface area contributed by atoms with Crippen LogP contribution in [0.3, 0.4) is 0 Å². The summed E-state index contributed by atoms with van der Waals surface area (Å²) in [7, 11) is -3.03. The van der Waals surface area contributed by atoms with Crippen LogP contribution in [0.5, 0.6) is 0 Å². The van der Waals surface area contributed by atoms with Crippen LogP contribution in [0.25, 0.3) is 0 Å². The molecule has 0 spiro atoms. The van der Waals surface area contributed by atoms with Gasteiger partial charge in [-0.05, 0) is 17.9 Å². The van der Waals surface area contributed by atoms with Gasteiger partial charge in [0.15, 0.2) is 0 Å². The van der Waals surface area contributed by atoms with Gasteiger partial charge in [-0.3, -0.25) is 4.57 Å². The largest absolute Gasteiger partial charge is 0.412 e. The fourth-order valence-electron chi connectivity index (χ4n) is 1.36. The van der Waals surface area contributed by atoms with Gasteiger partial charge in [0.05, 0.1) is 0 Å². The van der Waals surface area contributed by atoms with Crippen molar-refractivity contribution >= 4 is 30.5 Å². The number of nitrogens with zero attached hydrogens (tertiary/aromatic N) is 1. The van der Waals surface area contributed by atoms with Crippen LogP contribution in [0.2, 0.25) is 0 Å². The second kappa shape index (κ2) is 6.01. The van der Waals surface area contributed by atoms with E-state index in [2.05, 4.69) is 4.52 Å². The molecule has 0 N–H and O–H groups in total.